The Hall–Kier alpha value is -1.75. The lowest BCUT2D eigenvalue weighted by Crippen LogP contribution is -2.17. The van der Waals surface area contributed by atoms with Crippen molar-refractivity contribution < 1.29 is 14.6 Å². The molecule has 1 atom stereocenters. The highest BCUT2D eigenvalue weighted by Gasteiger charge is 2.04. The van der Waals surface area contributed by atoms with Crippen LogP contribution in [0.15, 0.2) is 29.4 Å². The number of methoxy groups -OCH3 is 1. The molecule has 0 fully saturated rings. The molecule has 1 aromatic carbocycles. The molecule has 1 rings (SSSR count). The minimum Gasteiger partial charge on any atom is -0.497 e. The molecule has 6 nitrogen and oxygen atoms in total. The Labute approximate surface area is 99.4 Å². The van der Waals surface area contributed by atoms with Crippen LogP contribution >= 0.6 is 0 Å². The standard InChI is InChI=1S/C11H15N3O3/c1-16-11-4-2-9(3-5-11)7-17-8-10(6-15)13-14-12/h2-5,10,15H,6-8H2,1H3/t10-/m1/s1. The molecule has 0 saturated heterocycles. The van der Waals surface area contributed by atoms with Crippen LogP contribution in [0.25, 0.3) is 10.4 Å². The van der Waals surface area contributed by atoms with Crippen LogP contribution in [0.4, 0.5) is 0 Å². The summed E-state index contributed by atoms with van der Waals surface area (Å²) in [5, 5.41) is 12.2. The fraction of sp³-hybridized carbons (Fsp3) is 0.455. The van der Waals surface area contributed by atoms with Crippen molar-refractivity contribution in [3.05, 3.63) is 40.3 Å². The Bertz CT molecular complexity index is 374. The van der Waals surface area contributed by atoms with Gasteiger partial charge in [0.05, 0.1) is 33.0 Å². The van der Waals surface area contributed by atoms with E-state index in [1.807, 2.05) is 24.3 Å². The van der Waals surface area contributed by atoms with E-state index in [-0.39, 0.29) is 13.2 Å². The second-order valence-electron chi connectivity index (χ2n) is 3.40. The first kappa shape index (κ1) is 13.3. The Morgan fingerprint density at radius 3 is 2.65 bits per heavy atom. The number of azide groups is 1. The molecule has 6 heteroatoms. The third-order valence-electron chi connectivity index (χ3n) is 2.16. The minimum atomic E-state index is -0.529. The van der Waals surface area contributed by atoms with Gasteiger partial charge in [-0.3, -0.25) is 0 Å². The van der Waals surface area contributed by atoms with Gasteiger partial charge in [0.25, 0.3) is 0 Å². The van der Waals surface area contributed by atoms with E-state index in [9.17, 15) is 0 Å². The molecule has 1 N–H and O–H groups in total. The smallest absolute Gasteiger partial charge is 0.118 e. The molecule has 0 aliphatic rings. The van der Waals surface area contributed by atoms with Crippen LogP contribution in [-0.4, -0.2) is 31.5 Å². The topological polar surface area (TPSA) is 87.5 Å². The molecule has 0 spiro atoms. The van der Waals surface area contributed by atoms with E-state index < -0.39 is 6.04 Å². The third kappa shape index (κ3) is 4.74. The van der Waals surface area contributed by atoms with Crippen LogP contribution < -0.4 is 4.74 Å². The maximum atomic E-state index is 8.86. The molecule has 0 aliphatic heterocycles. The summed E-state index contributed by atoms with van der Waals surface area (Å²) in [6.45, 7) is 0.390. The predicted octanol–water partition coefficient (Wildman–Crippen LogP) is 1.88. The summed E-state index contributed by atoms with van der Waals surface area (Å²) < 4.78 is 10.4. The molecule has 0 saturated carbocycles. The van der Waals surface area contributed by atoms with E-state index in [1.54, 1.807) is 7.11 Å². The van der Waals surface area contributed by atoms with Crippen molar-refractivity contribution in [3.8, 4) is 5.75 Å². The zero-order chi connectivity index (χ0) is 12.5. The molecule has 0 heterocycles. The monoisotopic (exact) mass is 237 g/mol. The van der Waals surface area contributed by atoms with Crippen LogP contribution in [0, 0.1) is 0 Å². The highest BCUT2D eigenvalue weighted by molar-refractivity contribution is 5.26. The number of nitrogens with zero attached hydrogens (tertiary/aromatic N) is 3. The number of rotatable bonds is 7. The van der Waals surface area contributed by atoms with Crippen molar-refractivity contribution in [2.24, 2.45) is 5.11 Å². The van der Waals surface area contributed by atoms with E-state index in [4.69, 9.17) is 20.1 Å². The molecule has 1 aromatic rings. The Morgan fingerprint density at radius 1 is 1.41 bits per heavy atom. The van der Waals surface area contributed by atoms with Crippen molar-refractivity contribution in [2.45, 2.75) is 12.6 Å². The lowest BCUT2D eigenvalue weighted by Gasteiger charge is -2.09. The van der Waals surface area contributed by atoms with Gasteiger partial charge in [-0.25, -0.2) is 0 Å². The lowest BCUT2D eigenvalue weighted by atomic mass is 10.2. The number of hydrogen-bond donors (Lipinski definition) is 1. The van der Waals surface area contributed by atoms with E-state index in [1.165, 1.54) is 0 Å². The van der Waals surface area contributed by atoms with Crippen LogP contribution in [-0.2, 0) is 11.3 Å². The second kappa shape index (κ2) is 7.51. The summed E-state index contributed by atoms with van der Waals surface area (Å²) in [5.74, 6) is 0.788. The van der Waals surface area contributed by atoms with Gasteiger partial charge in [0.2, 0.25) is 0 Å². The molecule has 0 amide bonds. The average Bonchev–Trinajstić information content (AvgIpc) is 2.38. The zero-order valence-electron chi connectivity index (χ0n) is 9.61. The molecular weight excluding hydrogens is 222 g/mol. The maximum Gasteiger partial charge on any atom is 0.118 e. The third-order valence-corrected chi connectivity index (χ3v) is 2.16. The summed E-state index contributed by atoms with van der Waals surface area (Å²) in [6.07, 6.45) is 0. The largest absolute Gasteiger partial charge is 0.497 e. The number of ether oxygens (including phenoxy) is 2. The summed E-state index contributed by atoms with van der Waals surface area (Å²) in [6, 6.07) is 6.93. The van der Waals surface area contributed by atoms with Crippen molar-refractivity contribution in [3.63, 3.8) is 0 Å². The normalized spacial score (nSPS) is 11.6. The quantitative estimate of drug-likeness (QED) is 0.446. The van der Waals surface area contributed by atoms with Gasteiger partial charge in [0.15, 0.2) is 0 Å². The second-order valence-corrected chi connectivity index (χ2v) is 3.40. The van der Waals surface area contributed by atoms with E-state index in [2.05, 4.69) is 10.0 Å². The molecule has 0 radical (unpaired) electrons. The summed E-state index contributed by atoms with van der Waals surface area (Å²) >= 11 is 0. The van der Waals surface area contributed by atoms with Crippen molar-refractivity contribution in [1.29, 1.82) is 0 Å². The van der Waals surface area contributed by atoms with Gasteiger partial charge in [0, 0.05) is 4.91 Å². The highest BCUT2D eigenvalue weighted by atomic mass is 16.5. The maximum absolute atomic E-state index is 8.86. The Balaban J connectivity index is 2.36. The fourth-order valence-electron chi connectivity index (χ4n) is 1.23. The molecule has 92 valence electrons. The molecule has 0 aromatic heterocycles. The number of aliphatic hydroxyl groups excluding tert-OH is 1. The van der Waals surface area contributed by atoms with Gasteiger partial charge < -0.3 is 14.6 Å². The van der Waals surface area contributed by atoms with Crippen molar-refractivity contribution in [1.82, 2.24) is 0 Å². The van der Waals surface area contributed by atoms with Crippen LogP contribution in [0.2, 0.25) is 0 Å². The minimum absolute atomic E-state index is 0.201. The first-order valence-corrected chi connectivity index (χ1v) is 5.16. The van der Waals surface area contributed by atoms with Gasteiger partial charge >= 0.3 is 0 Å². The molecule has 17 heavy (non-hydrogen) atoms. The number of benzene rings is 1. The molecule has 0 bridgehead atoms. The number of hydrogen-bond acceptors (Lipinski definition) is 4. The lowest BCUT2D eigenvalue weighted by molar-refractivity contribution is 0.0900. The molecule has 0 aliphatic carbocycles. The van der Waals surface area contributed by atoms with Gasteiger partial charge in [-0.2, -0.15) is 0 Å². The molecule has 0 unspecified atom stereocenters. The highest BCUT2D eigenvalue weighted by Crippen LogP contribution is 2.12. The Morgan fingerprint density at radius 2 is 2.12 bits per heavy atom. The van der Waals surface area contributed by atoms with Crippen molar-refractivity contribution in [2.75, 3.05) is 20.3 Å². The predicted molar refractivity (Wildman–Crippen MR) is 62.7 cm³/mol. The van der Waals surface area contributed by atoms with Crippen molar-refractivity contribution >= 4 is 0 Å². The summed E-state index contributed by atoms with van der Waals surface area (Å²) in [7, 11) is 1.61. The first-order valence-electron chi connectivity index (χ1n) is 5.16. The SMILES string of the molecule is COc1ccc(COC[C@@H](CO)N=[N+]=[N-])cc1. The average molecular weight is 237 g/mol. The van der Waals surface area contributed by atoms with Crippen LogP contribution in [0.3, 0.4) is 0 Å². The van der Waals surface area contributed by atoms with Gasteiger partial charge in [-0.15, -0.1) is 0 Å². The van der Waals surface area contributed by atoms with E-state index in [0.717, 1.165) is 11.3 Å². The van der Waals surface area contributed by atoms with Gasteiger partial charge in [-0.1, -0.05) is 17.2 Å². The molecular formula is C11H15N3O3. The van der Waals surface area contributed by atoms with Gasteiger partial charge in [0.1, 0.15) is 5.75 Å². The van der Waals surface area contributed by atoms with Gasteiger partial charge in [-0.05, 0) is 23.2 Å². The van der Waals surface area contributed by atoms with E-state index in [0.29, 0.717) is 6.61 Å². The van der Waals surface area contributed by atoms with Crippen LogP contribution in [0.1, 0.15) is 5.56 Å². The van der Waals surface area contributed by atoms with E-state index >= 15 is 0 Å². The number of aliphatic hydroxyl groups is 1. The first-order chi connectivity index (χ1) is 8.30. The fourth-order valence-corrected chi connectivity index (χ4v) is 1.23. The van der Waals surface area contributed by atoms with Crippen LogP contribution in [0.5, 0.6) is 5.75 Å². The summed E-state index contributed by atoms with van der Waals surface area (Å²) in [5.41, 5.74) is 9.21. The summed E-state index contributed by atoms with van der Waals surface area (Å²) in [4.78, 5) is 2.62. The zero-order valence-corrected chi connectivity index (χ0v) is 9.61. The Kier molecular flexibility index (Phi) is 5.88.